The number of methoxy groups -OCH3 is 1. The molecule has 0 amide bonds. The van der Waals surface area contributed by atoms with E-state index in [4.69, 9.17) is 15.2 Å². The Labute approximate surface area is 337 Å². The maximum absolute atomic E-state index is 9.83. The van der Waals surface area contributed by atoms with Crippen molar-refractivity contribution in [3.05, 3.63) is 146 Å². The monoisotopic (exact) mass is 785 g/mol. The van der Waals surface area contributed by atoms with Crippen LogP contribution in [-0.4, -0.2) is 22.8 Å². The van der Waals surface area contributed by atoms with E-state index in [-0.39, 0.29) is 0 Å². The van der Waals surface area contributed by atoms with Crippen LogP contribution in [0.25, 0.3) is 58.3 Å². The molecule has 8 rings (SSSR count). The van der Waals surface area contributed by atoms with Gasteiger partial charge in [0.2, 0.25) is 0 Å². The average molecular weight is 786 g/mol. The fourth-order valence-electron chi connectivity index (χ4n) is 6.66. The first-order valence-electron chi connectivity index (χ1n) is 16.9. The molecule has 0 atom stereocenters. The Bertz CT molecular complexity index is 2780. The normalized spacial score (nSPS) is 14.2. The van der Waals surface area contributed by atoms with E-state index in [1.165, 1.54) is 10.5 Å². The number of rotatable bonds is 10. The van der Waals surface area contributed by atoms with E-state index in [1.807, 2.05) is 47.9 Å². The molecule has 0 radical (unpaired) electrons. The molecule has 2 aliphatic rings. The Kier molecular flexibility index (Phi) is 10.3. The van der Waals surface area contributed by atoms with Crippen molar-refractivity contribution in [3.8, 4) is 59.1 Å². The van der Waals surface area contributed by atoms with Gasteiger partial charge >= 0.3 is 225 Å². The van der Waals surface area contributed by atoms with Crippen LogP contribution in [0.2, 0.25) is 0 Å². The molecule has 4 aromatic heterocycles. The summed E-state index contributed by atoms with van der Waals surface area (Å²) in [5, 5.41) is 23.4. The third-order valence-electron chi connectivity index (χ3n) is 9.24. The Morgan fingerprint density at radius 2 is 1.48 bits per heavy atom. The summed E-state index contributed by atoms with van der Waals surface area (Å²) in [5.41, 5.74) is 13.5. The predicted molar refractivity (Wildman–Crippen MR) is 228 cm³/mol. The van der Waals surface area contributed by atoms with Crippen LogP contribution in [0.3, 0.4) is 0 Å². The van der Waals surface area contributed by atoms with Gasteiger partial charge in [0.05, 0.1) is 16.1 Å². The molecule has 54 heavy (non-hydrogen) atoms. The third-order valence-corrected chi connectivity index (χ3v) is 13.9. The van der Waals surface area contributed by atoms with E-state index in [9.17, 15) is 10.5 Å². The molecule has 2 aliphatic carbocycles. The Balaban J connectivity index is 1.07. The second-order valence-corrected chi connectivity index (χ2v) is 16.8. The summed E-state index contributed by atoms with van der Waals surface area (Å²) < 4.78 is 12.2. The van der Waals surface area contributed by atoms with Gasteiger partial charge in [0.15, 0.2) is 0 Å². The number of nitrogens with zero attached hydrogens (tertiary/aromatic N) is 2. The quantitative estimate of drug-likeness (QED) is 0.110. The van der Waals surface area contributed by atoms with E-state index in [1.54, 1.807) is 52.5 Å². The number of hydrogen-bond acceptors (Lipinski definition) is 9. The van der Waals surface area contributed by atoms with Crippen LogP contribution in [0.15, 0.2) is 131 Å². The molecule has 258 valence electrons. The van der Waals surface area contributed by atoms with Crippen molar-refractivity contribution in [2.24, 2.45) is 5.73 Å². The van der Waals surface area contributed by atoms with Crippen molar-refractivity contribution >= 4 is 88.6 Å². The van der Waals surface area contributed by atoms with Gasteiger partial charge in [0, 0.05) is 4.88 Å². The van der Waals surface area contributed by atoms with Crippen molar-refractivity contribution in [2.45, 2.75) is 12.8 Å². The maximum atomic E-state index is 9.83. The first kappa shape index (κ1) is 35.7. The van der Waals surface area contributed by atoms with E-state index in [2.05, 4.69) is 99.4 Å². The number of ether oxygens (including phenoxy) is 2. The number of fused-ring (bicyclic) bond motifs is 1. The number of nitrogens with two attached hydrogens (primary N) is 1. The van der Waals surface area contributed by atoms with Gasteiger partial charge < -0.3 is 5.73 Å². The topological polar surface area (TPSA) is 92.1 Å². The Morgan fingerprint density at radius 3 is 2.17 bits per heavy atom. The Morgan fingerprint density at radius 1 is 0.778 bits per heavy atom. The van der Waals surface area contributed by atoms with Crippen molar-refractivity contribution in [1.82, 2.24) is 0 Å². The van der Waals surface area contributed by atoms with Gasteiger partial charge in [-0.3, -0.25) is 0 Å². The van der Waals surface area contributed by atoms with Crippen LogP contribution in [0.5, 0.6) is 11.5 Å². The molecule has 5 nitrogen and oxygen atoms in total. The minimum atomic E-state index is 0.516. The molecular weight excluding hydrogens is 758 g/mol. The van der Waals surface area contributed by atoms with Crippen LogP contribution in [-0.2, 0) is 0 Å². The van der Waals surface area contributed by atoms with Crippen LogP contribution in [0.4, 0.5) is 0 Å². The van der Waals surface area contributed by atoms with E-state index >= 15 is 0 Å². The van der Waals surface area contributed by atoms with Crippen LogP contribution in [0.1, 0.15) is 27.5 Å². The van der Waals surface area contributed by atoms with Crippen molar-refractivity contribution in [2.75, 3.05) is 7.11 Å². The van der Waals surface area contributed by atoms with Crippen LogP contribution in [0, 0.1) is 27.5 Å². The van der Waals surface area contributed by atoms with Gasteiger partial charge in [-0.2, -0.15) is 10.5 Å². The first-order valence-corrected chi connectivity index (χ1v) is 20.8. The molecule has 0 fully saturated rings. The third kappa shape index (κ3) is 6.78. The molecule has 10 heteroatoms. The van der Waals surface area contributed by atoms with Crippen LogP contribution < -0.4 is 15.2 Å². The number of allylic oxidation sites excluding steroid dienone is 11. The molecule has 0 spiro atoms. The average Bonchev–Trinajstić information content (AvgIpc) is 4.04. The zero-order chi connectivity index (χ0) is 37.2. The standard InChI is InChI=1S/C44H28N3O2S4.Al/c1-48-43-30-12-14-33(38-17-18-39(52-38)40-19-20-41(53-40)42(47)34(25-46)27-6-3-4-7-27)44(49-2)31(30)11-13-32(43)37-16-15-36(51-37)28-10-9-26(22-28)23-29(24-45)35-8-5-21-50-35;/h3-6,8-21,23H,7,22,47H2,2H3;/b29-23+,42-34-;. The van der Waals surface area contributed by atoms with E-state index in [0.29, 0.717) is 22.6 Å². The molecule has 0 unspecified atom stereocenters. The summed E-state index contributed by atoms with van der Waals surface area (Å²) in [7, 11) is 1.70. The molecular formula is C44H28AlN3O2S4. The molecule has 6 aromatic rings. The second-order valence-electron chi connectivity index (χ2n) is 12.4. The van der Waals surface area contributed by atoms with Crippen molar-refractivity contribution in [1.29, 1.82) is 10.5 Å². The summed E-state index contributed by atoms with van der Waals surface area (Å²) >= 11 is 9.00. The van der Waals surface area contributed by atoms with E-state index in [0.717, 1.165) is 80.9 Å². The fourth-order valence-corrected chi connectivity index (χ4v) is 10.6. The molecule has 0 aliphatic heterocycles. The van der Waals surface area contributed by atoms with Gasteiger partial charge in [-0.05, 0) is 29.5 Å². The first-order chi connectivity index (χ1) is 26.5. The molecule has 2 N–H and O–H groups in total. The summed E-state index contributed by atoms with van der Waals surface area (Å²) in [6.07, 6.45) is 13.7. The molecule has 4 heterocycles. The second kappa shape index (κ2) is 15.5. The van der Waals surface area contributed by atoms with Crippen molar-refractivity contribution < 1.29 is 9.47 Å². The number of benzene rings is 2. The summed E-state index contributed by atoms with van der Waals surface area (Å²) in [6.45, 7) is 0. The fraction of sp³-hybridized carbons (Fsp3) is 0.0682. The summed E-state index contributed by atoms with van der Waals surface area (Å²) in [6, 6.07) is 29.6. The number of thiophene rings is 4. The summed E-state index contributed by atoms with van der Waals surface area (Å²) in [4.78, 5) is 10.2. The van der Waals surface area contributed by atoms with Gasteiger partial charge in [-0.15, -0.1) is 11.3 Å². The van der Waals surface area contributed by atoms with E-state index < -0.39 is 0 Å². The SMILES string of the molecule is COc1c(-c2ccc(-c3ccc(/C(N)=C(\C#N)C4=CC=CC4)s3)s2)ccc2c(O[C]#[Al])c(-c3ccc(C4=CC=C(/C=C(\C#N)c5cccs5)C4)s3)ccc12. The number of nitriles is 2. The van der Waals surface area contributed by atoms with Gasteiger partial charge in [0.1, 0.15) is 12.1 Å². The van der Waals surface area contributed by atoms with Gasteiger partial charge in [-0.1, -0.05) is 24.3 Å². The van der Waals surface area contributed by atoms with Gasteiger partial charge in [-0.25, -0.2) is 0 Å². The molecule has 0 bridgehead atoms. The zero-order valence-corrected chi connectivity index (χ0v) is 33.3. The molecule has 2 aromatic carbocycles. The minimum absolute atomic E-state index is 0.516. The van der Waals surface area contributed by atoms with Crippen molar-refractivity contribution in [3.63, 3.8) is 0 Å². The Hall–Kier alpha value is -5.37. The summed E-state index contributed by atoms with van der Waals surface area (Å²) in [5.74, 6) is 1.48. The van der Waals surface area contributed by atoms with Crippen LogP contribution >= 0.6 is 45.3 Å². The predicted octanol–water partition coefficient (Wildman–Crippen LogP) is 12.0. The van der Waals surface area contributed by atoms with Gasteiger partial charge in [0.25, 0.3) is 0 Å². The molecule has 0 saturated carbocycles. The number of hydrogen-bond donors (Lipinski definition) is 1. The zero-order valence-electron chi connectivity index (χ0n) is 28.9. The molecule has 0 saturated heterocycles.